The molecule has 0 aliphatic carbocycles. The van der Waals surface area contributed by atoms with Gasteiger partial charge in [0.25, 0.3) is 0 Å². The van der Waals surface area contributed by atoms with Crippen LogP contribution in [-0.4, -0.2) is 49.5 Å². The number of carbonyl (C=O) groups is 1. The summed E-state index contributed by atoms with van der Waals surface area (Å²) in [5, 5.41) is 0. The van der Waals surface area contributed by atoms with Crippen molar-refractivity contribution in [2.24, 2.45) is 5.92 Å². The zero-order valence-electron chi connectivity index (χ0n) is 21.0. The predicted molar refractivity (Wildman–Crippen MR) is 144 cm³/mol. The number of para-hydroxylation sites is 1. The van der Waals surface area contributed by atoms with E-state index in [-0.39, 0.29) is 12.2 Å². The molecule has 1 aromatic heterocycles. The van der Waals surface area contributed by atoms with Crippen LogP contribution in [0.5, 0.6) is 5.75 Å². The second-order valence-corrected chi connectivity index (χ2v) is 12.1. The molecule has 2 aromatic carbocycles. The van der Waals surface area contributed by atoms with Gasteiger partial charge >= 0.3 is 6.09 Å². The largest absolute Gasteiger partial charge is 0.493 e. The topological polar surface area (TPSA) is 38.8 Å². The number of fused-ring (bicyclic) bond motifs is 4. The van der Waals surface area contributed by atoms with Crippen LogP contribution in [-0.2, 0) is 24.1 Å². The molecule has 36 heavy (non-hydrogen) atoms. The van der Waals surface area contributed by atoms with Crippen LogP contribution < -0.4 is 9.64 Å². The molecule has 6 heteroatoms. The minimum absolute atomic E-state index is 0.00953. The molecule has 7 rings (SSSR count). The third kappa shape index (κ3) is 4.89. The highest BCUT2D eigenvalue weighted by atomic mass is 32.1. The van der Waals surface area contributed by atoms with Gasteiger partial charge in [-0.05, 0) is 48.4 Å². The Balaban J connectivity index is 1.14. The number of hydrogen-bond acceptors (Lipinski definition) is 4. The first-order chi connectivity index (χ1) is 17.6. The molecule has 0 saturated carbocycles. The number of anilines is 1. The third-order valence-corrected chi connectivity index (χ3v) is 9.31. The van der Waals surface area contributed by atoms with Crippen molar-refractivity contribution in [3.05, 3.63) is 81.5 Å². The molecule has 0 radical (unpaired) electrons. The van der Waals surface area contributed by atoms with Crippen molar-refractivity contribution in [2.45, 2.75) is 45.3 Å². The maximum absolute atomic E-state index is 13.6. The predicted octanol–water partition coefficient (Wildman–Crippen LogP) is 5.99. The molecule has 0 unspecified atom stereocenters. The van der Waals surface area contributed by atoms with Gasteiger partial charge in [-0.1, -0.05) is 30.3 Å². The Morgan fingerprint density at radius 2 is 1.94 bits per heavy atom. The number of ether oxygens (including phenoxy) is 2. The smallest absolute Gasteiger partial charge is 0.415 e. The Hall–Kier alpha value is -2.83. The molecule has 3 aromatic rings. The Labute approximate surface area is 217 Å². The van der Waals surface area contributed by atoms with Crippen LogP contribution in [0.15, 0.2) is 60.7 Å². The first-order valence-electron chi connectivity index (χ1n) is 13.3. The molecule has 0 spiro atoms. The highest BCUT2D eigenvalue weighted by molar-refractivity contribution is 7.11. The minimum atomic E-state index is -0.220. The standard InChI is InChI=1S/C30H35N2O3S/c1-22-7-9-27(36-22)20-31(26-5-3-2-4-6-26)30(33)35-29-21-32(16-12-24(29)13-17-32)15-11-23-8-10-28-25(19-23)14-18-34-28/h2-10,19,24,29H,11-18,20-21H2,1H3/q+1/t24?,29-,32?/m0/s1. The van der Waals surface area contributed by atoms with Crippen molar-refractivity contribution in [3.8, 4) is 5.75 Å². The first kappa shape index (κ1) is 23.6. The van der Waals surface area contributed by atoms with Crippen LogP contribution in [0.1, 0.15) is 33.7 Å². The van der Waals surface area contributed by atoms with E-state index in [4.69, 9.17) is 9.47 Å². The Morgan fingerprint density at radius 3 is 2.72 bits per heavy atom. The van der Waals surface area contributed by atoms with E-state index < -0.39 is 0 Å². The number of quaternary nitrogens is 1. The summed E-state index contributed by atoms with van der Waals surface area (Å²) in [6, 6.07) is 20.9. The number of piperidine rings is 3. The normalized spacial score (nSPS) is 24.2. The third-order valence-electron chi connectivity index (χ3n) is 8.32. The number of hydrogen-bond donors (Lipinski definition) is 0. The van der Waals surface area contributed by atoms with Crippen molar-refractivity contribution in [1.82, 2.24) is 0 Å². The molecule has 4 aliphatic heterocycles. The van der Waals surface area contributed by atoms with E-state index in [2.05, 4.69) is 37.3 Å². The lowest BCUT2D eigenvalue weighted by Crippen LogP contribution is -2.65. The monoisotopic (exact) mass is 503 g/mol. The van der Waals surface area contributed by atoms with Crippen LogP contribution in [0, 0.1) is 12.8 Å². The summed E-state index contributed by atoms with van der Waals surface area (Å²) < 4.78 is 13.1. The fraction of sp³-hybridized carbons (Fsp3) is 0.433. The van der Waals surface area contributed by atoms with Crippen molar-refractivity contribution in [2.75, 3.05) is 37.7 Å². The molecule has 4 aliphatic rings. The summed E-state index contributed by atoms with van der Waals surface area (Å²) in [6.45, 7) is 7.89. The van der Waals surface area contributed by atoms with Crippen molar-refractivity contribution in [3.63, 3.8) is 0 Å². The SMILES string of the molecule is Cc1ccc(CN(C(=O)O[C@H]2C[N+]3(CCc4ccc5c(c4)CCO5)CCC2CC3)c2ccccc2)s1. The fourth-order valence-electron chi connectivity index (χ4n) is 6.22. The van der Waals surface area contributed by atoms with Gasteiger partial charge in [-0.25, -0.2) is 4.79 Å². The molecule has 0 N–H and O–H groups in total. The average molecular weight is 504 g/mol. The summed E-state index contributed by atoms with van der Waals surface area (Å²) in [7, 11) is 0. The summed E-state index contributed by atoms with van der Waals surface area (Å²) in [6.07, 6.45) is 4.14. The fourth-order valence-corrected chi connectivity index (χ4v) is 7.10. The first-order valence-corrected chi connectivity index (χ1v) is 14.1. The van der Waals surface area contributed by atoms with E-state index in [0.717, 1.165) is 61.3 Å². The number of thiophene rings is 1. The van der Waals surface area contributed by atoms with Crippen molar-refractivity contribution >= 4 is 23.1 Å². The van der Waals surface area contributed by atoms with Gasteiger partial charge in [-0.15, -0.1) is 11.3 Å². The number of aryl methyl sites for hydroxylation is 1. The van der Waals surface area contributed by atoms with Crippen LogP contribution in [0.25, 0.3) is 0 Å². The van der Waals surface area contributed by atoms with E-state index in [1.807, 2.05) is 30.3 Å². The summed E-state index contributed by atoms with van der Waals surface area (Å²) >= 11 is 1.74. The van der Waals surface area contributed by atoms with Gasteiger partial charge in [-0.3, -0.25) is 4.90 Å². The van der Waals surface area contributed by atoms with Crippen molar-refractivity contribution < 1.29 is 18.8 Å². The van der Waals surface area contributed by atoms with E-state index in [0.29, 0.717) is 12.5 Å². The van der Waals surface area contributed by atoms with Crippen LogP contribution in [0.2, 0.25) is 0 Å². The number of benzene rings is 2. The van der Waals surface area contributed by atoms with Gasteiger partial charge in [0.1, 0.15) is 12.3 Å². The molecule has 1 atom stereocenters. The zero-order chi connectivity index (χ0) is 24.5. The lowest BCUT2D eigenvalue weighted by molar-refractivity contribution is -0.945. The maximum Gasteiger partial charge on any atom is 0.415 e. The molecule has 2 bridgehead atoms. The van der Waals surface area contributed by atoms with Crippen LogP contribution in [0.4, 0.5) is 10.5 Å². The summed E-state index contributed by atoms with van der Waals surface area (Å²) in [5.41, 5.74) is 3.63. The van der Waals surface area contributed by atoms with Gasteiger partial charge in [0.05, 0.1) is 32.8 Å². The van der Waals surface area contributed by atoms with Crippen LogP contribution >= 0.6 is 11.3 Å². The van der Waals surface area contributed by atoms with E-state index in [9.17, 15) is 4.79 Å². The molecule has 5 heterocycles. The summed E-state index contributed by atoms with van der Waals surface area (Å²) in [5.74, 6) is 1.53. The van der Waals surface area contributed by atoms with Gasteiger partial charge in [0.15, 0.2) is 6.10 Å². The summed E-state index contributed by atoms with van der Waals surface area (Å²) in [4.78, 5) is 17.8. The number of rotatable bonds is 7. The lowest BCUT2D eigenvalue weighted by Gasteiger charge is -2.52. The second-order valence-electron chi connectivity index (χ2n) is 10.7. The molecular weight excluding hydrogens is 468 g/mol. The molecule has 5 nitrogen and oxygen atoms in total. The quantitative estimate of drug-likeness (QED) is 0.372. The maximum atomic E-state index is 13.6. The minimum Gasteiger partial charge on any atom is -0.493 e. The molecule has 1 amide bonds. The molecule has 3 saturated heterocycles. The van der Waals surface area contributed by atoms with Gasteiger partial charge in [-0.2, -0.15) is 0 Å². The van der Waals surface area contributed by atoms with Crippen LogP contribution in [0.3, 0.4) is 0 Å². The Kier molecular flexibility index (Phi) is 6.48. The number of nitrogens with zero attached hydrogens (tertiary/aromatic N) is 2. The van der Waals surface area contributed by atoms with E-state index in [1.165, 1.54) is 34.0 Å². The number of amides is 1. The van der Waals surface area contributed by atoms with E-state index >= 15 is 0 Å². The highest BCUT2D eigenvalue weighted by Crippen LogP contribution is 2.37. The average Bonchev–Trinajstić information content (AvgIpc) is 3.55. The van der Waals surface area contributed by atoms with Gasteiger partial charge in [0, 0.05) is 47.0 Å². The van der Waals surface area contributed by atoms with E-state index in [1.54, 1.807) is 16.2 Å². The lowest BCUT2D eigenvalue weighted by atomic mass is 9.83. The molecule has 3 fully saturated rings. The zero-order valence-corrected chi connectivity index (χ0v) is 21.8. The highest BCUT2D eigenvalue weighted by Gasteiger charge is 2.47. The van der Waals surface area contributed by atoms with Gasteiger partial charge in [0.2, 0.25) is 0 Å². The Morgan fingerprint density at radius 1 is 1.11 bits per heavy atom. The second kappa shape index (κ2) is 9.91. The molecular formula is C30H35N2O3S+. The molecule has 188 valence electrons. The number of carbonyl (C=O) groups excluding carboxylic acids is 1. The van der Waals surface area contributed by atoms with Gasteiger partial charge < -0.3 is 14.0 Å². The Bertz CT molecular complexity index is 1220. The van der Waals surface area contributed by atoms with Crippen molar-refractivity contribution in [1.29, 1.82) is 0 Å².